The highest BCUT2D eigenvalue weighted by Crippen LogP contribution is 2.48. The SMILES string of the molecule is C=C/C=C(C)/C(C)=C/C1=C(C)C(=C)/C(=C\C(=C)C(=C)C)C1(F)F. The molecule has 1 aliphatic rings. The van der Waals surface area contributed by atoms with Crippen molar-refractivity contribution in [1.29, 1.82) is 0 Å². The Bertz CT molecular complexity index is 704. The van der Waals surface area contributed by atoms with Crippen LogP contribution in [0, 0.1) is 0 Å². The molecule has 2 heteroatoms. The number of hydrogen-bond acceptors (Lipinski definition) is 0. The van der Waals surface area contributed by atoms with E-state index < -0.39 is 5.92 Å². The van der Waals surface area contributed by atoms with Gasteiger partial charge in [0.25, 0.3) is 5.92 Å². The number of hydrogen-bond donors (Lipinski definition) is 0. The first-order valence-electron chi connectivity index (χ1n) is 7.37. The van der Waals surface area contributed by atoms with Gasteiger partial charge in [0.05, 0.1) is 0 Å². The van der Waals surface area contributed by atoms with Crippen LogP contribution in [0.1, 0.15) is 27.7 Å². The molecule has 0 aliphatic heterocycles. The summed E-state index contributed by atoms with van der Waals surface area (Å²) in [7, 11) is 0. The third kappa shape index (κ3) is 3.76. The zero-order valence-corrected chi connectivity index (χ0v) is 14.4. The number of allylic oxidation sites excluding steroid dienone is 12. The molecule has 0 N–H and O–H groups in total. The van der Waals surface area contributed by atoms with Crippen molar-refractivity contribution < 1.29 is 8.78 Å². The van der Waals surface area contributed by atoms with Gasteiger partial charge in [0, 0.05) is 11.1 Å². The fourth-order valence-electron chi connectivity index (χ4n) is 2.25. The van der Waals surface area contributed by atoms with Gasteiger partial charge in [-0.25, -0.2) is 0 Å². The van der Waals surface area contributed by atoms with E-state index in [2.05, 4.69) is 26.3 Å². The van der Waals surface area contributed by atoms with Crippen LogP contribution >= 0.6 is 0 Å². The fraction of sp³-hybridized carbons (Fsp3) is 0.238. The first-order chi connectivity index (χ1) is 10.5. The lowest BCUT2D eigenvalue weighted by atomic mass is 9.98. The van der Waals surface area contributed by atoms with E-state index in [9.17, 15) is 8.78 Å². The van der Waals surface area contributed by atoms with Crippen molar-refractivity contribution in [1.82, 2.24) is 0 Å². The lowest BCUT2D eigenvalue weighted by Crippen LogP contribution is -2.17. The van der Waals surface area contributed by atoms with E-state index in [1.54, 1.807) is 26.0 Å². The highest BCUT2D eigenvalue weighted by molar-refractivity contribution is 5.66. The Balaban J connectivity index is 3.41. The number of alkyl halides is 2. The second kappa shape index (κ2) is 6.91. The maximum absolute atomic E-state index is 14.9. The summed E-state index contributed by atoms with van der Waals surface area (Å²) in [6.45, 7) is 22.1. The highest BCUT2D eigenvalue weighted by Gasteiger charge is 2.46. The molecule has 0 amide bonds. The zero-order chi connectivity index (χ0) is 17.9. The Kier molecular flexibility index (Phi) is 5.65. The van der Waals surface area contributed by atoms with E-state index in [0.717, 1.165) is 11.1 Å². The van der Waals surface area contributed by atoms with E-state index in [1.807, 2.05) is 13.8 Å². The van der Waals surface area contributed by atoms with Crippen molar-refractivity contribution in [2.24, 2.45) is 0 Å². The van der Waals surface area contributed by atoms with Crippen molar-refractivity contribution in [3.8, 4) is 0 Å². The fourth-order valence-corrected chi connectivity index (χ4v) is 2.25. The molecule has 0 saturated heterocycles. The summed E-state index contributed by atoms with van der Waals surface area (Å²) in [4.78, 5) is 0. The molecule has 0 aromatic rings. The van der Waals surface area contributed by atoms with E-state index in [1.165, 1.54) is 12.2 Å². The van der Waals surface area contributed by atoms with Gasteiger partial charge in [-0.05, 0) is 67.7 Å². The molecule has 122 valence electrons. The molecule has 0 atom stereocenters. The van der Waals surface area contributed by atoms with Gasteiger partial charge in [0.15, 0.2) is 0 Å². The predicted octanol–water partition coefficient (Wildman–Crippen LogP) is 6.65. The molecule has 0 bridgehead atoms. The van der Waals surface area contributed by atoms with Gasteiger partial charge in [-0.15, -0.1) is 0 Å². The standard InChI is InChI=1S/C21H24F2/c1-9-10-14(4)16(6)12-20-18(8)17(7)19(21(20,22)23)11-15(5)13(2)3/h9-12H,1-2,5,7H2,3-4,6,8H3/b14-10+,16-12+,19-11+. The number of halogens is 2. The van der Waals surface area contributed by atoms with Crippen LogP contribution in [0.3, 0.4) is 0 Å². The van der Waals surface area contributed by atoms with E-state index in [4.69, 9.17) is 0 Å². The molecule has 0 aromatic heterocycles. The van der Waals surface area contributed by atoms with E-state index >= 15 is 0 Å². The summed E-state index contributed by atoms with van der Waals surface area (Å²) in [5, 5.41) is 0. The molecule has 0 heterocycles. The molecule has 0 spiro atoms. The molecule has 0 aromatic carbocycles. The summed E-state index contributed by atoms with van der Waals surface area (Å²) in [5.74, 6) is -3.09. The van der Waals surface area contributed by atoms with E-state index in [0.29, 0.717) is 22.3 Å². The van der Waals surface area contributed by atoms with Crippen LogP contribution in [-0.4, -0.2) is 5.92 Å². The Morgan fingerprint density at radius 1 is 1.09 bits per heavy atom. The molecule has 0 radical (unpaired) electrons. The summed E-state index contributed by atoms with van der Waals surface area (Å²) in [5.41, 5.74) is 3.53. The molecular formula is C21H24F2. The minimum Gasteiger partial charge on any atom is -0.196 e. The molecule has 1 rings (SSSR count). The second-order valence-electron chi connectivity index (χ2n) is 5.87. The molecule has 0 unspecified atom stereocenters. The van der Waals surface area contributed by atoms with Gasteiger partial charge in [-0.2, -0.15) is 8.78 Å². The second-order valence-corrected chi connectivity index (χ2v) is 5.87. The average molecular weight is 314 g/mol. The summed E-state index contributed by atoms with van der Waals surface area (Å²) in [6, 6.07) is 0. The Hall–Kier alpha value is -2.22. The summed E-state index contributed by atoms with van der Waals surface area (Å²) in [6.07, 6.45) is 6.35. The molecular weight excluding hydrogens is 290 g/mol. The van der Waals surface area contributed by atoms with Crippen LogP contribution in [0.15, 0.2) is 95.2 Å². The van der Waals surface area contributed by atoms with Crippen molar-refractivity contribution >= 4 is 0 Å². The van der Waals surface area contributed by atoms with Crippen LogP contribution in [0.25, 0.3) is 0 Å². The summed E-state index contributed by atoms with van der Waals surface area (Å²) >= 11 is 0. The minimum absolute atomic E-state index is 0.0161. The maximum atomic E-state index is 14.9. The van der Waals surface area contributed by atoms with Gasteiger partial charge in [0.1, 0.15) is 0 Å². The van der Waals surface area contributed by atoms with Crippen molar-refractivity contribution in [2.45, 2.75) is 33.6 Å². The lowest BCUT2D eigenvalue weighted by molar-refractivity contribution is 0.0947. The zero-order valence-electron chi connectivity index (χ0n) is 14.4. The first-order valence-corrected chi connectivity index (χ1v) is 7.37. The molecule has 0 nitrogen and oxygen atoms in total. The Labute approximate surface area is 138 Å². The third-order valence-corrected chi connectivity index (χ3v) is 4.08. The van der Waals surface area contributed by atoms with Crippen LogP contribution in [0.4, 0.5) is 8.78 Å². The van der Waals surface area contributed by atoms with Gasteiger partial charge in [-0.3, -0.25) is 0 Å². The van der Waals surface area contributed by atoms with Crippen molar-refractivity contribution in [3.05, 3.63) is 95.2 Å². The Morgan fingerprint density at radius 3 is 2.13 bits per heavy atom. The largest absolute Gasteiger partial charge is 0.299 e. The van der Waals surface area contributed by atoms with Gasteiger partial charge < -0.3 is 0 Å². The highest BCUT2D eigenvalue weighted by atomic mass is 19.3. The van der Waals surface area contributed by atoms with Crippen molar-refractivity contribution in [2.75, 3.05) is 0 Å². The van der Waals surface area contributed by atoms with Crippen molar-refractivity contribution in [3.63, 3.8) is 0 Å². The smallest absolute Gasteiger partial charge is 0.196 e. The Morgan fingerprint density at radius 2 is 1.65 bits per heavy atom. The van der Waals surface area contributed by atoms with Gasteiger partial charge in [-0.1, -0.05) is 44.0 Å². The van der Waals surface area contributed by atoms with Crippen LogP contribution in [0.2, 0.25) is 0 Å². The van der Waals surface area contributed by atoms with Gasteiger partial charge in [0.2, 0.25) is 0 Å². The maximum Gasteiger partial charge on any atom is 0.299 e. The predicted molar refractivity (Wildman–Crippen MR) is 96.5 cm³/mol. The topological polar surface area (TPSA) is 0 Å². The molecule has 1 aliphatic carbocycles. The molecule has 23 heavy (non-hydrogen) atoms. The van der Waals surface area contributed by atoms with Crippen LogP contribution in [0.5, 0.6) is 0 Å². The first kappa shape index (κ1) is 18.8. The number of rotatable bonds is 5. The minimum atomic E-state index is -3.09. The monoisotopic (exact) mass is 314 g/mol. The van der Waals surface area contributed by atoms with Gasteiger partial charge >= 0.3 is 0 Å². The molecule has 0 fully saturated rings. The molecule has 0 saturated carbocycles. The average Bonchev–Trinajstić information content (AvgIpc) is 2.61. The quantitative estimate of drug-likeness (QED) is 0.499. The van der Waals surface area contributed by atoms with Crippen LogP contribution in [-0.2, 0) is 0 Å². The summed E-state index contributed by atoms with van der Waals surface area (Å²) < 4.78 is 29.7. The normalized spacial score (nSPS) is 20.3. The van der Waals surface area contributed by atoms with Crippen LogP contribution < -0.4 is 0 Å². The lowest BCUT2D eigenvalue weighted by Gasteiger charge is -2.16. The third-order valence-electron chi connectivity index (χ3n) is 4.08. The van der Waals surface area contributed by atoms with E-state index in [-0.39, 0.29) is 11.1 Å².